The predicted molar refractivity (Wildman–Crippen MR) is 117 cm³/mol. The van der Waals surface area contributed by atoms with Crippen molar-refractivity contribution in [2.45, 2.75) is 33.1 Å². The number of anilines is 1. The number of nitrogens with one attached hydrogen (secondary N) is 2. The van der Waals surface area contributed by atoms with Crippen molar-refractivity contribution in [3.8, 4) is 5.75 Å². The predicted octanol–water partition coefficient (Wildman–Crippen LogP) is 3.12. The van der Waals surface area contributed by atoms with Crippen molar-refractivity contribution >= 4 is 23.5 Å². The Morgan fingerprint density at radius 2 is 1.77 bits per heavy atom. The molecule has 0 saturated heterocycles. The summed E-state index contributed by atoms with van der Waals surface area (Å²) in [5, 5.41) is 5.44. The lowest BCUT2D eigenvalue weighted by atomic mass is 10.1. The van der Waals surface area contributed by atoms with Crippen LogP contribution in [-0.2, 0) is 27.2 Å². The van der Waals surface area contributed by atoms with Crippen LogP contribution in [0.2, 0.25) is 0 Å². The van der Waals surface area contributed by atoms with E-state index in [0.717, 1.165) is 19.3 Å². The summed E-state index contributed by atoms with van der Waals surface area (Å²) in [6.45, 7) is 3.78. The van der Waals surface area contributed by atoms with Crippen LogP contribution in [-0.4, -0.2) is 37.5 Å². The Morgan fingerprint density at radius 3 is 2.58 bits per heavy atom. The van der Waals surface area contributed by atoms with E-state index in [1.165, 1.54) is 11.1 Å². The number of hydrogen-bond donors (Lipinski definition) is 2. The molecule has 31 heavy (non-hydrogen) atoms. The molecule has 0 radical (unpaired) electrons. The van der Waals surface area contributed by atoms with Crippen LogP contribution >= 0.6 is 0 Å². The SMILES string of the molecule is CC(C)CNC(=O)c1ccccc1NC(=O)COC(=O)COc1ccc2c(c1)CCC2. The molecule has 0 spiro atoms. The number of benzene rings is 2. The highest BCUT2D eigenvalue weighted by atomic mass is 16.6. The fourth-order valence-electron chi connectivity index (χ4n) is 3.34. The summed E-state index contributed by atoms with van der Waals surface area (Å²) in [6.07, 6.45) is 3.24. The molecular weight excluding hydrogens is 396 g/mol. The molecule has 0 bridgehead atoms. The molecule has 1 aliphatic rings. The molecule has 2 N–H and O–H groups in total. The van der Waals surface area contributed by atoms with Gasteiger partial charge in [0.25, 0.3) is 11.8 Å². The van der Waals surface area contributed by atoms with Crippen LogP contribution in [0, 0.1) is 5.92 Å². The average Bonchev–Trinajstić information content (AvgIpc) is 3.23. The minimum Gasteiger partial charge on any atom is -0.482 e. The van der Waals surface area contributed by atoms with Crippen LogP contribution in [0.15, 0.2) is 42.5 Å². The highest BCUT2D eigenvalue weighted by Crippen LogP contribution is 2.26. The standard InChI is InChI=1S/C24H28N2O5/c1-16(2)13-25-24(29)20-8-3-4-9-21(20)26-22(27)14-31-23(28)15-30-19-11-10-17-6-5-7-18(17)12-19/h3-4,8-12,16H,5-7,13-15H2,1-2H3,(H,25,29)(H,26,27). The van der Waals surface area contributed by atoms with Gasteiger partial charge in [0.1, 0.15) is 5.75 Å². The van der Waals surface area contributed by atoms with Crippen LogP contribution < -0.4 is 15.4 Å². The normalized spacial score (nSPS) is 12.2. The van der Waals surface area contributed by atoms with Gasteiger partial charge in [-0.2, -0.15) is 0 Å². The van der Waals surface area contributed by atoms with E-state index in [0.29, 0.717) is 29.5 Å². The molecule has 0 aromatic heterocycles. The van der Waals surface area contributed by atoms with Gasteiger partial charge in [-0.25, -0.2) is 4.79 Å². The fourth-order valence-corrected chi connectivity index (χ4v) is 3.34. The topological polar surface area (TPSA) is 93.7 Å². The number of carbonyl (C=O) groups is 3. The monoisotopic (exact) mass is 424 g/mol. The van der Waals surface area contributed by atoms with E-state index in [4.69, 9.17) is 9.47 Å². The Kier molecular flexibility index (Phi) is 7.65. The van der Waals surface area contributed by atoms with Crippen molar-refractivity contribution in [1.82, 2.24) is 5.32 Å². The highest BCUT2D eigenvalue weighted by molar-refractivity contribution is 6.04. The second kappa shape index (κ2) is 10.6. The summed E-state index contributed by atoms with van der Waals surface area (Å²) in [5.41, 5.74) is 3.29. The lowest BCUT2D eigenvalue weighted by Gasteiger charge is -2.13. The number of aryl methyl sites for hydroxylation is 2. The maximum atomic E-state index is 12.3. The summed E-state index contributed by atoms with van der Waals surface area (Å²) < 4.78 is 10.5. The first-order valence-corrected chi connectivity index (χ1v) is 10.5. The van der Waals surface area contributed by atoms with Crippen molar-refractivity contribution < 1.29 is 23.9 Å². The lowest BCUT2D eigenvalue weighted by molar-refractivity contribution is -0.149. The van der Waals surface area contributed by atoms with Gasteiger partial charge in [0.2, 0.25) is 0 Å². The Balaban J connectivity index is 1.45. The van der Waals surface area contributed by atoms with Crippen LogP contribution in [0.4, 0.5) is 5.69 Å². The maximum Gasteiger partial charge on any atom is 0.344 e. The molecule has 3 rings (SSSR count). The van der Waals surface area contributed by atoms with Gasteiger partial charge in [-0.05, 0) is 60.6 Å². The second-order valence-electron chi connectivity index (χ2n) is 7.93. The molecule has 7 nitrogen and oxygen atoms in total. The van der Waals surface area contributed by atoms with Crippen molar-refractivity contribution in [2.75, 3.05) is 25.1 Å². The van der Waals surface area contributed by atoms with Gasteiger partial charge in [-0.15, -0.1) is 0 Å². The van der Waals surface area contributed by atoms with Crippen molar-refractivity contribution in [3.63, 3.8) is 0 Å². The molecule has 2 aromatic rings. The summed E-state index contributed by atoms with van der Waals surface area (Å²) in [4.78, 5) is 36.5. The molecular formula is C24H28N2O5. The smallest absolute Gasteiger partial charge is 0.344 e. The molecule has 164 valence electrons. The quantitative estimate of drug-likeness (QED) is 0.603. The first-order chi connectivity index (χ1) is 14.9. The van der Waals surface area contributed by atoms with E-state index in [1.807, 2.05) is 32.0 Å². The van der Waals surface area contributed by atoms with Crippen molar-refractivity contribution in [3.05, 3.63) is 59.2 Å². The maximum absolute atomic E-state index is 12.3. The molecule has 2 amide bonds. The Bertz CT molecular complexity index is 955. The van der Waals surface area contributed by atoms with Crippen LogP contribution in [0.3, 0.4) is 0 Å². The van der Waals surface area contributed by atoms with E-state index < -0.39 is 18.5 Å². The van der Waals surface area contributed by atoms with E-state index in [-0.39, 0.29) is 12.5 Å². The van der Waals surface area contributed by atoms with Gasteiger partial charge in [-0.1, -0.05) is 32.0 Å². The largest absolute Gasteiger partial charge is 0.482 e. The third kappa shape index (κ3) is 6.57. The molecule has 1 aliphatic carbocycles. The van der Waals surface area contributed by atoms with Gasteiger partial charge in [0.05, 0.1) is 11.3 Å². The van der Waals surface area contributed by atoms with E-state index in [2.05, 4.69) is 10.6 Å². The Morgan fingerprint density at radius 1 is 1.00 bits per heavy atom. The van der Waals surface area contributed by atoms with Gasteiger partial charge in [0, 0.05) is 6.54 Å². The molecule has 0 heterocycles. The highest BCUT2D eigenvalue weighted by Gasteiger charge is 2.15. The molecule has 2 aromatic carbocycles. The first-order valence-electron chi connectivity index (χ1n) is 10.5. The van der Waals surface area contributed by atoms with Crippen LogP contribution in [0.1, 0.15) is 41.8 Å². The second-order valence-corrected chi connectivity index (χ2v) is 7.93. The van der Waals surface area contributed by atoms with Crippen LogP contribution in [0.5, 0.6) is 5.75 Å². The molecule has 0 saturated carbocycles. The molecule has 0 aliphatic heterocycles. The van der Waals surface area contributed by atoms with Gasteiger partial charge in [0.15, 0.2) is 13.2 Å². The third-order valence-corrected chi connectivity index (χ3v) is 4.91. The summed E-state index contributed by atoms with van der Waals surface area (Å²) in [6, 6.07) is 12.5. The van der Waals surface area contributed by atoms with E-state index in [9.17, 15) is 14.4 Å². The number of rotatable bonds is 9. The number of hydrogen-bond acceptors (Lipinski definition) is 5. The average molecular weight is 424 g/mol. The number of fused-ring (bicyclic) bond motifs is 1. The summed E-state index contributed by atoms with van der Waals surface area (Å²) >= 11 is 0. The number of amides is 2. The first kappa shape index (κ1) is 22.3. The number of para-hydroxylation sites is 1. The zero-order chi connectivity index (χ0) is 22.2. The summed E-state index contributed by atoms with van der Waals surface area (Å²) in [7, 11) is 0. The minimum absolute atomic E-state index is 0.274. The minimum atomic E-state index is -0.640. The molecule has 0 fully saturated rings. The van der Waals surface area contributed by atoms with E-state index >= 15 is 0 Å². The van der Waals surface area contributed by atoms with Crippen molar-refractivity contribution in [2.24, 2.45) is 5.92 Å². The Labute approximate surface area is 182 Å². The van der Waals surface area contributed by atoms with Crippen LogP contribution in [0.25, 0.3) is 0 Å². The molecule has 7 heteroatoms. The fraction of sp³-hybridized carbons (Fsp3) is 0.375. The van der Waals surface area contributed by atoms with Gasteiger partial charge >= 0.3 is 5.97 Å². The summed E-state index contributed by atoms with van der Waals surface area (Å²) in [5.74, 6) is -0.523. The van der Waals surface area contributed by atoms with Gasteiger partial charge in [-0.3, -0.25) is 9.59 Å². The molecule has 0 atom stereocenters. The van der Waals surface area contributed by atoms with Crippen molar-refractivity contribution in [1.29, 1.82) is 0 Å². The van der Waals surface area contributed by atoms with E-state index in [1.54, 1.807) is 24.3 Å². The zero-order valence-corrected chi connectivity index (χ0v) is 17.9. The zero-order valence-electron chi connectivity index (χ0n) is 17.9. The molecule has 0 unspecified atom stereocenters. The Hall–Kier alpha value is -3.35. The third-order valence-electron chi connectivity index (χ3n) is 4.91. The number of ether oxygens (including phenoxy) is 2. The van der Waals surface area contributed by atoms with Gasteiger partial charge < -0.3 is 20.1 Å². The number of esters is 1. The number of carbonyl (C=O) groups excluding carboxylic acids is 3. The lowest BCUT2D eigenvalue weighted by Crippen LogP contribution is -2.29.